The molecule has 0 aliphatic heterocycles. The number of hydrogen-bond donors (Lipinski definition) is 3. The minimum atomic E-state index is -0.272. The first-order chi connectivity index (χ1) is 16.6. The van der Waals surface area contributed by atoms with Gasteiger partial charge >= 0.3 is 0 Å². The maximum absolute atomic E-state index is 13.9. The fourth-order valence-electron chi connectivity index (χ4n) is 4.42. The van der Waals surface area contributed by atoms with Crippen LogP contribution in [0.15, 0.2) is 18.3 Å². The van der Waals surface area contributed by atoms with Gasteiger partial charge in [-0.3, -0.25) is 9.36 Å². The normalized spacial score (nSPS) is 18.3. The molecule has 35 heavy (non-hydrogen) atoms. The van der Waals surface area contributed by atoms with Crippen molar-refractivity contribution < 1.29 is 9.18 Å². The van der Waals surface area contributed by atoms with Crippen LogP contribution in [-0.2, 0) is 4.79 Å². The highest BCUT2D eigenvalue weighted by atomic mass is 127. The molecule has 0 radical (unpaired) electrons. The maximum Gasteiger partial charge on any atom is 0.224 e. The second kappa shape index (κ2) is 11.1. The zero-order valence-corrected chi connectivity index (χ0v) is 24.5. The molecule has 0 unspecified atom stereocenters. The van der Waals surface area contributed by atoms with Crippen LogP contribution in [0.5, 0.6) is 0 Å². The van der Waals surface area contributed by atoms with Gasteiger partial charge in [-0.05, 0) is 111 Å². The molecule has 3 aromatic rings. The summed E-state index contributed by atoms with van der Waals surface area (Å²) >= 11 is 4.27. The van der Waals surface area contributed by atoms with Crippen LogP contribution in [-0.4, -0.2) is 37.5 Å². The molecule has 1 aliphatic rings. The molecular formula is C24H30FI2N7O. The van der Waals surface area contributed by atoms with E-state index in [0.29, 0.717) is 17.4 Å². The molecule has 1 fully saturated rings. The van der Waals surface area contributed by atoms with Crippen LogP contribution in [0, 0.1) is 18.9 Å². The predicted molar refractivity (Wildman–Crippen MR) is 153 cm³/mol. The largest absolute Gasteiger partial charge is 0.354 e. The van der Waals surface area contributed by atoms with Gasteiger partial charge in [0.1, 0.15) is 11.3 Å². The molecule has 1 saturated carbocycles. The minimum Gasteiger partial charge on any atom is -0.354 e. The van der Waals surface area contributed by atoms with Crippen molar-refractivity contribution >= 4 is 79.8 Å². The number of imidazole rings is 1. The van der Waals surface area contributed by atoms with Crippen LogP contribution in [0.4, 0.5) is 22.0 Å². The fraction of sp³-hybridized carbons (Fsp3) is 0.500. The molecule has 3 N–H and O–H groups in total. The van der Waals surface area contributed by atoms with E-state index in [1.54, 1.807) is 6.20 Å². The van der Waals surface area contributed by atoms with Crippen LogP contribution in [0.3, 0.4) is 0 Å². The Kier molecular flexibility index (Phi) is 8.34. The molecule has 1 amide bonds. The van der Waals surface area contributed by atoms with E-state index in [2.05, 4.69) is 70.7 Å². The number of carbonyl (C=O) groups is 1. The van der Waals surface area contributed by atoms with E-state index < -0.39 is 0 Å². The average Bonchev–Trinajstić information content (AvgIpc) is 3.12. The number of aromatic nitrogens is 4. The number of halogens is 3. The van der Waals surface area contributed by atoms with Crippen LogP contribution >= 0.6 is 45.2 Å². The minimum absolute atomic E-state index is 0.0200. The van der Waals surface area contributed by atoms with Crippen LogP contribution in [0.2, 0.25) is 0 Å². The summed E-state index contributed by atoms with van der Waals surface area (Å²) in [6.07, 6.45) is 5.01. The van der Waals surface area contributed by atoms with Gasteiger partial charge in [0.05, 0.1) is 11.9 Å². The Morgan fingerprint density at radius 3 is 2.31 bits per heavy atom. The molecule has 2 heterocycles. The lowest BCUT2D eigenvalue weighted by atomic mass is 9.85. The molecule has 0 atom stereocenters. The summed E-state index contributed by atoms with van der Waals surface area (Å²) in [7, 11) is 0. The topological polar surface area (TPSA) is 96.8 Å². The van der Waals surface area contributed by atoms with E-state index in [9.17, 15) is 9.18 Å². The smallest absolute Gasteiger partial charge is 0.224 e. The summed E-state index contributed by atoms with van der Waals surface area (Å²) < 4.78 is 17.6. The monoisotopic (exact) mass is 705 g/mol. The Hall–Kier alpha value is -1.77. The summed E-state index contributed by atoms with van der Waals surface area (Å²) in [6, 6.07) is 3.46. The van der Waals surface area contributed by atoms with Gasteiger partial charge in [0.2, 0.25) is 17.8 Å². The lowest BCUT2D eigenvalue weighted by molar-refractivity contribution is -0.126. The molecular weight excluding hydrogens is 675 g/mol. The van der Waals surface area contributed by atoms with Gasteiger partial charge in [0, 0.05) is 31.2 Å². The zero-order valence-electron chi connectivity index (χ0n) is 20.2. The van der Waals surface area contributed by atoms with Crippen molar-refractivity contribution in [2.75, 3.05) is 10.6 Å². The van der Waals surface area contributed by atoms with Crippen molar-refractivity contribution in [3.05, 3.63) is 31.3 Å². The first kappa shape index (κ1) is 26.3. The molecule has 1 aromatic carbocycles. The van der Waals surface area contributed by atoms with E-state index in [0.717, 1.165) is 44.2 Å². The fourth-order valence-corrected chi connectivity index (χ4v) is 6.39. The highest BCUT2D eigenvalue weighted by Gasteiger charge is 2.30. The van der Waals surface area contributed by atoms with Crippen molar-refractivity contribution in [3.63, 3.8) is 0 Å². The Morgan fingerprint density at radius 2 is 1.71 bits per heavy atom. The molecule has 2 aromatic heterocycles. The maximum atomic E-state index is 13.9. The van der Waals surface area contributed by atoms with E-state index in [4.69, 9.17) is 9.97 Å². The highest BCUT2D eigenvalue weighted by molar-refractivity contribution is 14.1. The third-order valence-electron chi connectivity index (χ3n) is 5.96. The van der Waals surface area contributed by atoms with Crippen LogP contribution in [0.25, 0.3) is 11.2 Å². The number of carbonyl (C=O) groups excluding carboxylic acids is 1. The zero-order chi connectivity index (χ0) is 25.3. The lowest BCUT2D eigenvalue weighted by Gasteiger charge is -2.30. The molecule has 188 valence electrons. The molecule has 0 saturated heterocycles. The number of anilines is 3. The number of hydrogen-bond acceptors (Lipinski definition) is 6. The molecule has 11 heteroatoms. The van der Waals surface area contributed by atoms with Gasteiger partial charge in [-0.1, -0.05) is 0 Å². The van der Waals surface area contributed by atoms with Crippen LogP contribution in [0.1, 0.15) is 59.4 Å². The van der Waals surface area contributed by atoms with Crippen molar-refractivity contribution in [2.24, 2.45) is 5.92 Å². The van der Waals surface area contributed by atoms with Gasteiger partial charge in [-0.15, -0.1) is 0 Å². The number of amides is 1. The Morgan fingerprint density at radius 1 is 1.06 bits per heavy atom. The predicted octanol–water partition coefficient (Wildman–Crippen LogP) is 5.99. The molecule has 0 spiro atoms. The van der Waals surface area contributed by atoms with Crippen molar-refractivity contribution in [1.29, 1.82) is 0 Å². The molecule has 1 aliphatic carbocycles. The standard InChI is InChI=1S/C24H30FI2N7O/c1-12(2)29-22(35)14-5-7-16(8-6-14)34-21-19(11-28-23(33-21)30-13(3)4)31-24(34)32-20-17(26)9-15(25)10-18(20)27/h9-14,16H,5-8H2,1-4H3,(H,29,35)(H,31,32)(H,28,30,33). The summed E-state index contributed by atoms with van der Waals surface area (Å²) in [6.45, 7) is 8.05. The number of nitrogens with one attached hydrogen (secondary N) is 3. The van der Waals surface area contributed by atoms with Crippen molar-refractivity contribution in [1.82, 2.24) is 24.8 Å². The van der Waals surface area contributed by atoms with Gasteiger partial charge in [-0.2, -0.15) is 4.98 Å². The summed E-state index contributed by atoms with van der Waals surface area (Å²) in [5.74, 6) is 1.08. The third-order valence-corrected chi connectivity index (χ3v) is 7.66. The number of benzene rings is 1. The van der Waals surface area contributed by atoms with Gasteiger partial charge in [0.25, 0.3) is 0 Å². The number of fused-ring (bicyclic) bond motifs is 1. The number of rotatable bonds is 7. The van der Waals surface area contributed by atoms with Crippen molar-refractivity contribution in [3.8, 4) is 0 Å². The quantitative estimate of drug-likeness (QED) is 0.262. The Balaban J connectivity index is 1.70. The Labute approximate surface area is 231 Å². The summed E-state index contributed by atoms with van der Waals surface area (Å²) in [5, 5.41) is 9.76. The van der Waals surface area contributed by atoms with Gasteiger partial charge in [-0.25, -0.2) is 14.4 Å². The second-order valence-electron chi connectivity index (χ2n) is 9.55. The van der Waals surface area contributed by atoms with Crippen molar-refractivity contribution in [2.45, 2.75) is 71.5 Å². The van der Waals surface area contributed by atoms with Gasteiger partial charge < -0.3 is 16.0 Å². The second-order valence-corrected chi connectivity index (χ2v) is 11.9. The summed E-state index contributed by atoms with van der Waals surface area (Å²) in [5.41, 5.74) is 2.24. The van der Waals surface area contributed by atoms with Crippen LogP contribution < -0.4 is 16.0 Å². The summed E-state index contributed by atoms with van der Waals surface area (Å²) in [4.78, 5) is 26.6. The third kappa shape index (κ3) is 6.15. The first-order valence-corrected chi connectivity index (χ1v) is 14.0. The van der Waals surface area contributed by atoms with E-state index >= 15 is 0 Å². The van der Waals surface area contributed by atoms with E-state index in [1.807, 2.05) is 27.7 Å². The first-order valence-electron chi connectivity index (χ1n) is 11.9. The highest BCUT2D eigenvalue weighted by Crippen LogP contribution is 2.38. The molecule has 8 nitrogen and oxygen atoms in total. The SMILES string of the molecule is CC(C)NC(=O)C1CCC(n2c(Nc3c(I)cc(F)cc3I)nc3cnc(NC(C)C)nc32)CC1. The van der Waals surface area contributed by atoms with E-state index in [1.165, 1.54) is 12.1 Å². The Bertz CT molecular complexity index is 1200. The molecule has 4 rings (SSSR count). The average molecular weight is 705 g/mol. The molecule has 0 bridgehead atoms. The van der Waals surface area contributed by atoms with E-state index in [-0.39, 0.29) is 35.8 Å². The van der Waals surface area contributed by atoms with Gasteiger partial charge in [0.15, 0.2) is 5.65 Å². The lowest BCUT2D eigenvalue weighted by Crippen LogP contribution is -2.37. The number of nitrogens with zero attached hydrogens (tertiary/aromatic N) is 4.